The lowest BCUT2D eigenvalue weighted by molar-refractivity contribution is -0.143. The first-order valence-corrected chi connectivity index (χ1v) is 8.25. The van der Waals surface area contributed by atoms with Crippen LogP contribution >= 0.6 is 11.6 Å². The Morgan fingerprint density at radius 1 is 0.893 bits per heavy atom. The highest BCUT2D eigenvalue weighted by Crippen LogP contribution is 2.36. The molecule has 1 N–H and O–H groups in total. The predicted molar refractivity (Wildman–Crippen MR) is 92.3 cm³/mol. The smallest absolute Gasteiger partial charge is 0.381 e. The average Bonchev–Trinajstić information content (AvgIpc) is 3.08. The number of anilines is 1. The number of aromatic nitrogens is 2. The van der Waals surface area contributed by atoms with Gasteiger partial charge in [0, 0.05) is 23.3 Å². The largest absolute Gasteiger partial charge is 0.435 e. The number of nitrogens with zero attached hydrogens (tertiary/aromatic N) is 2. The van der Waals surface area contributed by atoms with Crippen molar-refractivity contribution in [2.45, 2.75) is 18.9 Å². The van der Waals surface area contributed by atoms with Crippen LogP contribution in [0.2, 0.25) is 5.02 Å². The Morgan fingerprint density at radius 2 is 1.54 bits per heavy atom. The Hall–Kier alpha value is -2.68. The second kappa shape index (κ2) is 7.38. The van der Waals surface area contributed by atoms with Gasteiger partial charge in [0.05, 0.1) is 5.69 Å². The molecule has 10 heteroatoms. The van der Waals surface area contributed by atoms with Crippen molar-refractivity contribution < 1.29 is 26.3 Å². The van der Waals surface area contributed by atoms with Gasteiger partial charge in [0.15, 0.2) is 5.69 Å². The van der Waals surface area contributed by atoms with E-state index in [0.29, 0.717) is 17.3 Å². The van der Waals surface area contributed by atoms with Gasteiger partial charge < -0.3 is 5.32 Å². The summed E-state index contributed by atoms with van der Waals surface area (Å²) < 4.78 is 77.9. The standard InChI is InChI=1S/C18H12ClF6N3/c19-14-4-2-1-3-11(14)10-26-12-5-7-13(8-6-12)28-16(18(23,24)25)9-15(27-28)17(20,21)22/h1-9,26H,10H2. The third-order valence-corrected chi connectivity index (χ3v) is 4.21. The quantitative estimate of drug-likeness (QED) is 0.512. The highest BCUT2D eigenvalue weighted by atomic mass is 35.5. The number of benzene rings is 2. The molecular weight excluding hydrogens is 408 g/mol. The molecule has 148 valence electrons. The summed E-state index contributed by atoms with van der Waals surface area (Å²) in [7, 11) is 0. The van der Waals surface area contributed by atoms with E-state index in [9.17, 15) is 26.3 Å². The molecule has 3 aromatic rings. The molecule has 0 radical (unpaired) electrons. The molecular formula is C18H12ClF6N3. The van der Waals surface area contributed by atoms with Gasteiger partial charge in [-0.25, -0.2) is 4.68 Å². The fraction of sp³-hybridized carbons (Fsp3) is 0.167. The lowest BCUT2D eigenvalue weighted by Crippen LogP contribution is -2.13. The number of hydrogen-bond donors (Lipinski definition) is 1. The summed E-state index contributed by atoms with van der Waals surface area (Å²) in [6, 6.07) is 12.5. The number of nitrogens with one attached hydrogen (secondary N) is 1. The molecule has 0 aliphatic heterocycles. The molecule has 2 aromatic carbocycles. The van der Waals surface area contributed by atoms with Crippen LogP contribution < -0.4 is 5.32 Å². The number of rotatable bonds is 4. The Morgan fingerprint density at radius 3 is 2.11 bits per heavy atom. The monoisotopic (exact) mass is 419 g/mol. The molecule has 0 saturated heterocycles. The SMILES string of the molecule is FC(F)(F)c1cc(C(F)(F)F)n(-c2ccc(NCc3ccccc3Cl)cc2)n1. The van der Waals surface area contributed by atoms with Crippen LogP contribution in [0.5, 0.6) is 0 Å². The van der Waals surface area contributed by atoms with Gasteiger partial charge in [-0.15, -0.1) is 0 Å². The second-order valence-corrected chi connectivity index (χ2v) is 6.22. The zero-order valence-corrected chi connectivity index (χ0v) is 14.7. The molecule has 0 amide bonds. The Bertz CT molecular complexity index is 961. The first kappa shape index (κ1) is 20.1. The minimum atomic E-state index is -4.99. The molecule has 3 rings (SSSR count). The van der Waals surface area contributed by atoms with Crippen LogP contribution in [-0.4, -0.2) is 9.78 Å². The Kier molecular flexibility index (Phi) is 5.29. The van der Waals surface area contributed by atoms with Crippen molar-refractivity contribution >= 4 is 17.3 Å². The summed E-state index contributed by atoms with van der Waals surface area (Å²) in [5.74, 6) is 0. The molecule has 0 atom stereocenters. The van der Waals surface area contributed by atoms with Gasteiger partial charge in [0.1, 0.15) is 5.69 Å². The van der Waals surface area contributed by atoms with Gasteiger partial charge in [-0.1, -0.05) is 29.8 Å². The molecule has 0 aliphatic rings. The molecule has 0 saturated carbocycles. The maximum absolute atomic E-state index is 13.1. The first-order valence-electron chi connectivity index (χ1n) is 7.88. The molecule has 0 bridgehead atoms. The van der Waals surface area contributed by atoms with Crippen molar-refractivity contribution in [1.29, 1.82) is 0 Å². The van der Waals surface area contributed by atoms with E-state index in [4.69, 9.17) is 11.6 Å². The van der Waals surface area contributed by atoms with Crippen LogP contribution in [0, 0.1) is 0 Å². The van der Waals surface area contributed by atoms with Crippen LogP contribution in [0.3, 0.4) is 0 Å². The van der Waals surface area contributed by atoms with E-state index in [2.05, 4.69) is 10.4 Å². The van der Waals surface area contributed by atoms with Crippen LogP contribution in [0.15, 0.2) is 54.6 Å². The molecule has 1 aromatic heterocycles. The lowest BCUT2D eigenvalue weighted by Gasteiger charge is -2.12. The molecule has 0 aliphatic carbocycles. The van der Waals surface area contributed by atoms with Gasteiger partial charge in [0.25, 0.3) is 0 Å². The van der Waals surface area contributed by atoms with E-state index in [-0.39, 0.29) is 16.4 Å². The molecule has 0 fully saturated rings. The Balaban J connectivity index is 1.85. The maximum Gasteiger partial charge on any atom is 0.435 e. The molecule has 28 heavy (non-hydrogen) atoms. The topological polar surface area (TPSA) is 29.9 Å². The molecule has 1 heterocycles. The van der Waals surface area contributed by atoms with Crippen molar-refractivity contribution in [2.24, 2.45) is 0 Å². The lowest BCUT2D eigenvalue weighted by atomic mass is 10.2. The van der Waals surface area contributed by atoms with E-state index in [1.807, 2.05) is 6.07 Å². The number of hydrogen-bond acceptors (Lipinski definition) is 2. The van der Waals surface area contributed by atoms with Gasteiger partial charge in [0.2, 0.25) is 0 Å². The summed E-state index contributed by atoms with van der Waals surface area (Å²) in [4.78, 5) is 0. The number of alkyl halides is 6. The van der Waals surface area contributed by atoms with E-state index in [1.165, 1.54) is 24.3 Å². The highest BCUT2D eigenvalue weighted by Gasteiger charge is 2.42. The van der Waals surface area contributed by atoms with Crippen LogP contribution in [-0.2, 0) is 18.9 Å². The van der Waals surface area contributed by atoms with E-state index < -0.39 is 23.7 Å². The van der Waals surface area contributed by atoms with Gasteiger partial charge >= 0.3 is 12.4 Å². The molecule has 3 nitrogen and oxygen atoms in total. The summed E-state index contributed by atoms with van der Waals surface area (Å²) in [5, 5.41) is 6.68. The van der Waals surface area contributed by atoms with Crippen molar-refractivity contribution in [1.82, 2.24) is 9.78 Å². The van der Waals surface area contributed by atoms with Gasteiger partial charge in [-0.3, -0.25) is 0 Å². The molecule has 0 unspecified atom stereocenters. The fourth-order valence-corrected chi connectivity index (χ4v) is 2.68. The normalized spacial score (nSPS) is 12.2. The van der Waals surface area contributed by atoms with Crippen LogP contribution in [0.1, 0.15) is 17.0 Å². The molecule has 0 spiro atoms. The van der Waals surface area contributed by atoms with E-state index in [0.717, 1.165) is 5.56 Å². The average molecular weight is 420 g/mol. The van der Waals surface area contributed by atoms with Crippen molar-refractivity contribution in [3.8, 4) is 5.69 Å². The summed E-state index contributed by atoms with van der Waals surface area (Å²) in [6.45, 7) is 0.368. The minimum Gasteiger partial charge on any atom is -0.381 e. The Labute approximate surface area is 160 Å². The van der Waals surface area contributed by atoms with E-state index in [1.54, 1.807) is 18.2 Å². The third-order valence-electron chi connectivity index (χ3n) is 3.84. The van der Waals surface area contributed by atoms with Crippen molar-refractivity contribution in [3.63, 3.8) is 0 Å². The van der Waals surface area contributed by atoms with Gasteiger partial charge in [-0.05, 0) is 35.9 Å². The zero-order valence-electron chi connectivity index (χ0n) is 13.9. The van der Waals surface area contributed by atoms with Gasteiger partial charge in [-0.2, -0.15) is 31.4 Å². The first-order chi connectivity index (χ1) is 13.1. The minimum absolute atomic E-state index is 0.0104. The third kappa shape index (κ3) is 4.41. The zero-order chi connectivity index (χ0) is 20.5. The predicted octanol–water partition coefficient (Wildman–Crippen LogP) is 6.18. The fourth-order valence-electron chi connectivity index (χ4n) is 2.48. The second-order valence-electron chi connectivity index (χ2n) is 5.81. The maximum atomic E-state index is 13.1. The van der Waals surface area contributed by atoms with E-state index >= 15 is 0 Å². The summed E-state index contributed by atoms with van der Waals surface area (Å²) >= 11 is 6.04. The van der Waals surface area contributed by atoms with Crippen LogP contribution in [0.4, 0.5) is 32.0 Å². The summed E-state index contributed by atoms with van der Waals surface area (Å²) in [5.41, 5.74) is -1.89. The highest BCUT2D eigenvalue weighted by molar-refractivity contribution is 6.31. The van der Waals surface area contributed by atoms with Crippen molar-refractivity contribution in [3.05, 3.63) is 76.6 Å². The number of halogens is 7. The van der Waals surface area contributed by atoms with Crippen molar-refractivity contribution in [2.75, 3.05) is 5.32 Å². The summed E-state index contributed by atoms with van der Waals surface area (Å²) in [6.07, 6.45) is -9.97. The van der Waals surface area contributed by atoms with Crippen LogP contribution in [0.25, 0.3) is 5.69 Å².